The standard InChI is InChI=1S/C27H28F4N4O3S/c1-34(25(36)18-7-11-39(37,38)12-8-18)23(27(29,30)31)17-5-3-16(4-6-17)19-14-26(9-2-10-26)24-20(19)15-32-22-13-21(28)33-35(22)24/h3-6,13,15,18-19,23H,2,7-12,14H2,1H3/t19-,23-/m0/s1. The first-order chi connectivity index (χ1) is 18.4. The second-order valence-corrected chi connectivity index (χ2v) is 13.5. The van der Waals surface area contributed by atoms with E-state index in [2.05, 4.69) is 10.1 Å². The van der Waals surface area contributed by atoms with Crippen molar-refractivity contribution >= 4 is 21.4 Å². The Balaban J connectivity index is 1.29. The summed E-state index contributed by atoms with van der Waals surface area (Å²) >= 11 is 0. The number of rotatable bonds is 4. The van der Waals surface area contributed by atoms with E-state index in [1.807, 2.05) is 0 Å². The topological polar surface area (TPSA) is 84.6 Å². The van der Waals surface area contributed by atoms with Gasteiger partial charge < -0.3 is 4.90 Å². The van der Waals surface area contributed by atoms with Crippen molar-refractivity contribution < 1.29 is 30.8 Å². The zero-order valence-corrected chi connectivity index (χ0v) is 22.1. The molecule has 1 aliphatic heterocycles. The maximum absolute atomic E-state index is 14.3. The molecule has 6 rings (SSSR count). The van der Waals surface area contributed by atoms with Gasteiger partial charge in [0.05, 0.1) is 17.2 Å². The van der Waals surface area contributed by atoms with Crippen molar-refractivity contribution in [3.63, 3.8) is 0 Å². The zero-order chi connectivity index (χ0) is 27.7. The van der Waals surface area contributed by atoms with Crippen molar-refractivity contribution in [3.8, 4) is 0 Å². The molecule has 2 atom stereocenters. The molecule has 0 bridgehead atoms. The van der Waals surface area contributed by atoms with Gasteiger partial charge in [-0.1, -0.05) is 30.7 Å². The van der Waals surface area contributed by atoms with Gasteiger partial charge in [-0.05, 0) is 43.2 Å². The number of aromatic nitrogens is 3. The van der Waals surface area contributed by atoms with Gasteiger partial charge in [0, 0.05) is 42.1 Å². The van der Waals surface area contributed by atoms with E-state index in [1.54, 1.807) is 22.8 Å². The molecule has 0 unspecified atom stereocenters. The Kier molecular flexibility index (Phi) is 6.05. The molecule has 0 N–H and O–H groups in total. The summed E-state index contributed by atoms with van der Waals surface area (Å²) in [7, 11) is -2.12. The van der Waals surface area contributed by atoms with Gasteiger partial charge in [-0.3, -0.25) is 4.79 Å². The van der Waals surface area contributed by atoms with Crippen molar-refractivity contribution in [2.45, 2.75) is 62.1 Å². The molecule has 2 aromatic heterocycles. The summed E-state index contributed by atoms with van der Waals surface area (Å²) in [6.07, 6.45) is 0.712. The van der Waals surface area contributed by atoms with Crippen LogP contribution in [0.3, 0.4) is 0 Å². The summed E-state index contributed by atoms with van der Waals surface area (Å²) in [5.41, 5.74) is 2.88. The van der Waals surface area contributed by atoms with Crippen LogP contribution in [0, 0.1) is 11.9 Å². The molecular formula is C27H28F4N4O3S. The second-order valence-electron chi connectivity index (χ2n) is 11.2. The lowest BCUT2D eigenvalue weighted by molar-refractivity contribution is -0.190. The fourth-order valence-corrected chi connectivity index (χ4v) is 8.23. The third-order valence-corrected chi connectivity index (χ3v) is 10.6. The molecule has 3 aromatic rings. The zero-order valence-electron chi connectivity index (χ0n) is 21.3. The van der Waals surface area contributed by atoms with Gasteiger partial charge in [0.15, 0.2) is 11.7 Å². The molecule has 208 valence electrons. The van der Waals surface area contributed by atoms with E-state index in [1.165, 1.54) is 18.2 Å². The third-order valence-electron chi connectivity index (χ3n) is 8.87. The lowest BCUT2D eigenvalue weighted by atomic mass is 9.66. The molecule has 1 aromatic carbocycles. The average Bonchev–Trinajstić information content (AvgIpc) is 3.41. The minimum absolute atomic E-state index is 0.0271. The van der Waals surface area contributed by atoms with Gasteiger partial charge in [-0.2, -0.15) is 17.6 Å². The number of nitrogens with zero attached hydrogens (tertiary/aromatic N) is 4. The Morgan fingerprint density at radius 2 is 1.82 bits per heavy atom. The van der Waals surface area contributed by atoms with Crippen molar-refractivity contribution in [1.82, 2.24) is 19.5 Å². The highest BCUT2D eigenvalue weighted by atomic mass is 32.2. The van der Waals surface area contributed by atoms with Crippen LogP contribution in [-0.2, 0) is 20.0 Å². The van der Waals surface area contributed by atoms with Crippen LogP contribution in [0.5, 0.6) is 0 Å². The van der Waals surface area contributed by atoms with E-state index < -0.39 is 39.8 Å². The largest absolute Gasteiger partial charge is 0.413 e. The number of amides is 1. The summed E-state index contributed by atoms with van der Waals surface area (Å²) in [6.45, 7) is 0. The van der Waals surface area contributed by atoms with Crippen LogP contribution in [0.1, 0.15) is 72.9 Å². The Labute approximate surface area is 223 Å². The van der Waals surface area contributed by atoms with Crippen molar-refractivity contribution in [3.05, 3.63) is 64.9 Å². The summed E-state index contributed by atoms with van der Waals surface area (Å²) in [5.74, 6) is -2.57. The van der Waals surface area contributed by atoms with Crippen LogP contribution in [0.4, 0.5) is 17.6 Å². The minimum atomic E-state index is -4.72. The maximum Gasteiger partial charge on any atom is 0.413 e. The first kappa shape index (κ1) is 26.2. The molecule has 2 aliphatic carbocycles. The lowest BCUT2D eigenvalue weighted by Gasteiger charge is -2.39. The molecular weight excluding hydrogens is 536 g/mol. The van der Waals surface area contributed by atoms with Gasteiger partial charge in [0.1, 0.15) is 9.84 Å². The smallest absolute Gasteiger partial charge is 0.330 e. The second kappa shape index (κ2) is 9.00. The fourth-order valence-electron chi connectivity index (χ4n) is 6.74. The van der Waals surface area contributed by atoms with Crippen molar-refractivity contribution in [1.29, 1.82) is 0 Å². The Morgan fingerprint density at radius 1 is 1.15 bits per heavy atom. The fraction of sp³-hybridized carbons (Fsp3) is 0.519. The highest BCUT2D eigenvalue weighted by Gasteiger charge is 2.51. The number of carbonyl (C=O) groups is 1. The van der Waals surface area contributed by atoms with Gasteiger partial charge >= 0.3 is 6.18 Å². The van der Waals surface area contributed by atoms with Gasteiger partial charge in [-0.25, -0.2) is 17.9 Å². The predicted octanol–water partition coefficient (Wildman–Crippen LogP) is 4.71. The summed E-state index contributed by atoms with van der Waals surface area (Å²) in [6, 6.07) is 5.29. The number of benzene rings is 1. The molecule has 3 heterocycles. The molecule has 39 heavy (non-hydrogen) atoms. The van der Waals surface area contributed by atoms with Gasteiger partial charge in [0.25, 0.3) is 0 Å². The van der Waals surface area contributed by atoms with E-state index in [0.29, 0.717) is 10.5 Å². The number of carbonyl (C=O) groups excluding carboxylic acids is 1. The number of hydrogen-bond donors (Lipinski definition) is 0. The molecule has 0 radical (unpaired) electrons. The molecule has 12 heteroatoms. The average molecular weight is 565 g/mol. The molecule has 1 amide bonds. The Bertz CT molecular complexity index is 1530. The Hall–Kier alpha value is -3.02. The van der Waals surface area contributed by atoms with Crippen LogP contribution in [0.25, 0.3) is 5.65 Å². The molecule has 1 saturated heterocycles. The molecule has 1 saturated carbocycles. The third kappa shape index (κ3) is 4.40. The normalized spacial score (nSPS) is 22.9. The molecule has 3 aliphatic rings. The first-order valence-electron chi connectivity index (χ1n) is 13.1. The lowest BCUT2D eigenvalue weighted by Crippen LogP contribution is -2.44. The summed E-state index contributed by atoms with van der Waals surface area (Å²) in [4.78, 5) is 18.1. The SMILES string of the molecule is CN(C(=O)C1CCS(=O)(=O)CC1)[C@@H](c1ccc([C@@H]2CC3(CCC3)c3c2cnc2cc(F)nn32)cc1)C(F)(F)F. The van der Waals surface area contributed by atoms with Crippen LogP contribution < -0.4 is 0 Å². The number of alkyl halides is 3. The summed E-state index contributed by atoms with van der Waals surface area (Å²) < 4.78 is 81.8. The van der Waals surface area contributed by atoms with E-state index in [4.69, 9.17) is 0 Å². The monoisotopic (exact) mass is 564 g/mol. The van der Waals surface area contributed by atoms with Crippen LogP contribution >= 0.6 is 0 Å². The molecule has 7 nitrogen and oxygen atoms in total. The van der Waals surface area contributed by atoms with E-state index in [-0.39, 0.29) is 41.2 Å². The molecule has 2 fully saturated rings. The van der Waals surface area contributed by atoms with Crippen LogP contribution in [0.15, 0.2) is 36.5 Å². The quantitative estimate of drug-likeness (QED) is 0.429. The number of hydrogen-bond acceptors (Lipinski definition) is 5. The highest BCUT2D eigenvalue weighted by molar-refractivity contribution is 7.91. The van der Waals surface area contributed by atoms with Gasteiger partial charge in [-0.15, -0.1) is 5.10 Å². The summed E-state index contributed by atoms with van der Waals surface area (Å²) in [5, 5.41) is 4.03. The van der Waals surface area contributed by atoms with Crippen LogP contribution in [-0.4, -0.2) is 58.6 Å². The van der Waals surface area contributed by atoms with Crippen molar-refractivity contribution in [2.75, 3.05) is 18.6 Å². The number of halogens is 4. The van der Waals surface area contributed by atoms with Crippen LogP contribution in [0.2, 0.25) is 0 Å². The predicted molar refractivity (Wildman–Crippen MR) is 134 cm³/mol. The Morgan fingerprint density at radius 3 is 2.41 bits per heavy atom. The van der Waals surface area contributed by atoms with E-state index in [9.17, 15) is 30.8 Å². The molecule has 1 spiro atoms. The van der Waals surface area contributed by atoms with E-state index >= 15 is 0 Å². The maximum atomic E-state index is 14.3. The van der Waals surface area contributed by atoms with Crippen molar-refractivity contribution in [2.24, 2.45) is 5.92 Å². The number of sulfone groups is 1. The number of fused-ring (bicyclic) bond motifs is 4. The minimum Gasteiger partial charge on any atom is -0.330 e. The van der Waals surface area contributed by atoms with E-state index in [0.717, 1.165) is 49.6 Å². The van der Waals surface area contributed by atoms with Gasteiger partial charge in [0.2, 0.25) is 11.9 Å². The highest BCUT2D eigenvalue weighted by Crippen LogP contribution is 2.58. The first-order valence-corrected chi connectivity index (χ1v) is 14.9.